The van der Waals surface area contributed by atoms with Crippen molar-refractivity contribution in [2.45, 2.75) is 0 Å². The lowest BCUT2D eigenvalue weighted by Gasteiger charge is -2.08. The van der Waals surface area contributed by atoms with Crippen molar-refractivity contribution in [3.8, 4) is 11.5 Å². The zero-order valence-electron chi connectivity index (χ0n) is 10.1. The van der Waals surface area contributed by atoms with Crippen LogP contribution in [0.15, 0.2) is 41.0 Å². The van der Waals surface area contributed by atoms with Crippen LogP contribution in [0.4, 0.5) is 5.69 Å². The average molecular weight is 323 g/mol. The Kier molecular flexibility index (Phi) is 4.01. The van der Waals surface area contributed by atoms with E-state index in [1.165, 1.54) is 19.4 Å². The third-order valence-electron chi connectivity index (χ3n) is 2.31. The Bertz CT molecular complexity index is 599. The van der Waals surface area contributed by atoms with Gasteiger partial charge in [-0.2, -0.15) is 0 Å². The third-order valence-corrected chi connectivity index (χ3v) is 2.93. The Morgan fingerprint density at radius 2 is 2.11 bits per heavy atom. The molecule has 0 aliphatic rings. The minimum Gasteiger partial charge on any atom is -0.464 e. The van der Waals surface area contributed by atoms with Crippen molar-refractivity contribution >= 4 is 27.6 Å². The number of nitrogens with zero attached hydrogens (tertiary/aromatic N) is 1. The largest absolute Gasteiger partial charge is 0.464 e. The van der Waals surface area contributed by atoms with Gasteiger partial charge in [-0.05, 0) is 46.3 Å². The number of esters is 1. The summed E-state index contributed by atoms with van der Waals surface area (Å²) in [7, 11) is 1.31. The van der Waals surface area contributed by atoms with E-state index < -0.39 is 5.97 Å². The van der Waals surface area contributed by atoms with Crippen LogP contribution in [0.5, 0.6) is 11.5 Å². The Morgan fingerprint density at radius 1 is 1.32 bits per heavy atom. The number of methoxy groups -OCH3 is 1. The van der Waals surface area contributed by atoms with Crippen LogP contribution in [0.3, 0.4) is 0 Å². The van der Waals surface area contributed by atoms with Gasteiger partial charge in [0.15, 0.2) is 0 Å². The molecule has 19 heavy (non-hydrogen) atoms. The predicted octanol–water partition coefficient (Wildman–Crippen LogP) is 3.01. The summed E-state index contributed by atoms with van der Waals surface area (Å²) >= 11 is 3.35. The lowest BCUT2D eigenvalue weighted by atomic mass is 10.3. The normalized spacial score (nSPS) is 10.0. The molecule has 0 saturated carbocycles. The number of ether oxygens (including phenoxy) is 2. The molecule has 6 heteroatoms. The van der Waals surface area contributed by atoms with Gasteiger partial charge in [-0.1, -0.05) is 0 Å². The summed E-state index contributed by atoms with van der Waals surface area (Å²) in [5, 5.41) is 0. The summed E-state index contributed by atoms with van der Waals surface area (Å²) < 4.78 is 10.9. The van der Waals surface area contributed by atoms with Gasteiger partial charge in [0, 0.05) is 5.69 Å². The maximum atomic E-state index is 11.2. The quantitative estimate of drug-likeness (QED) is 0.694. The number of rotatable bonds is 3. The Balaban J connectivity index is 2.17. The van der Waals surface area contributed by atoms with Gasteiger partial charge in [0.25, 0.3) is 0 Å². The summed E-state index contributed by atoms with van der Waals surface area (Å²) in [6, 6.07) is 8.39. The highest BCUT2D eigenvalue weighted by atomic mass is 79.9. The first kappa shape index (κ1) is 13.4. The molecule has 0 fully saturated rings. The number of hydrogen-bond acceptors (Lipinski definition) is 5. The van der Waals surface area contributed by atoms with Crippen molar-refractivity contribution in [3.05, 3.63) is 46.7 Å². The van der Waals surface area contributed by atoms with E-state index in [9.17, 15) is 4.79 Å². The molecule has 0 saturated heterocycles. The van der Waals surface area contributed by atoms with Gasteiger partial charge in [0.2, 0.25) is 0 Å². The van der Waals surface area contributed by atoms with Gasteiger partial charge in [-0.25, -0.2) is 9.78 Å². The van der Waals surface area contributed by atoms with E-state index in [4.69, 9.17) is 10.5 Å². The maximum Gasteiger partial charge on any atom is 0.356 e. The first-order valence-electron chi connectivity index (χ1n) is 5.37. The summed E-state index contributed by atoms with van der Waals surface area (Å²) in [4.78, 5) is 15.2. The fraction of sp³-hybridized carbons (Fsp3) is 0.0769. The molecule has 0 unspecified atom stereocenters. The van der Waals surface area contributed by atoms with E-state index >= 15 is 0 Å². The molecule has 1 aromatic carbocycles. The first-order chi connectivity index (χ1) is 9.10. The fourth-order valence-corrected chi connectivity index (χ4v) is 1.87. The first-order valence-corrected chi connectivity index (χ1v) is 6.16. The van der Waals surface area contributed by atoms with Crippen molar-refractivity contribution < 1.29 is 14.3 Å². The summed E-state index contributed by atoms with van der Waals surface area (Å²) in [6.07, 6.45) is 1.45. The Hall–Kier alpha value is -2.08. The second-order valence-electron chi connectivity index (χ2n) is 3.66. The van der Waals surface area contributed by atoms with Crippen LogP contribution in [-0.4, -0.2) is 18.1 Å². The molecule has 0 radical (unpaired) electrons. The number of halogens is 1. The highest BCUT2D eigenvalue weighted by Gasteiger charge is 2.08. The Labute approximate surface area is 118 Å². The van der Waals surface area contributed by atoms with Gasteiger partial charge >= 0.3 is 5.97 Å². The predicted molar refractivity (Wildman–Crippen MR) is 74.2 cm³/mol. The van der Waals surface area contributed by atoms with E-state index in [1.807, 2.05) is 0 Å². The van der Waals surface area contributed by atoms with Crippen LogP contribution in [0, 0.1) is 0 Å². The molecule has 0 aliphatic heterocycles. The molecule has 0 bridgehead atoms. The van der Waals surface area contributed by atoms with Crippen molar-refractivity contribution in [3.63, 3.8) is 0 Å². The van der Waals surface area contributed by atoms with Gasteiger partial charge in [0.05, 0.1) is 17.8 Å². The minimum absolute atomic E-state index is 0.228. The van der Waals surface area contributed by atoms with Gasteiger partial charge in [0.1, 0.15) is 17.2 Å². The van der Waals surface area contributed by atoms with Crippen LogP contribution in [0.25, 0.3) is 0 Å². The van der Waals surface area contributed by atoms with Crippen molar-refractivity contribution in [1.82, 2.24) is 4.98 Å². The van der Waals surface area contributed by atoms with Crippen LogP contribution in [-0.2, 0) is 4.74 Å². The third kappa shape index (κ3) is 3.23. The second kappa shape index (κ2) is 5.71. The topological polar surface area (TPSA) is 74.4 Å². The number of carbonyl (C=O) groups excluding carboxylic acids is 1. The number of aromatic nitrogens is 1. The maximum absolute atomic E-state index is 11.2. The SMILES string of the molecule is COC(=O)c1ccc(Oc2ccc(N)cc2Br)cn1. The number of pyridine rings is 1. The van der Waals surface area contributed by atoms with Crippen LogP contribution in [0.2, 0.25) is 0 Å². The number of nitrogen functional groups attached to an aromatic ring is 1. The molecule has 5 nitrogen and oxygen atoms in total. The number of nitrogens with two attached hydrogens (primary N) is 1. The monoisotopic (exact) mass is 322 g/mol. The molecule has 0 spiro atoms. The van der Waals surface area contributed by atoms with E-state index in [1.54, 1.807) is 24.3 Å². The molecule has 2 aromatic rings. The van der Waals surface area contributed by atoms with Gasteiger partial charge in [-0.3, -0.25) is 0 Å². The standard InChI is InChI=1S/C13H11BrN2O3/c1-18-13(17)11-4-3-9(7-16-11)19-12-5-2-8(15)6-10(12)14/h2-7H,15H2,1H3. The van der Waals surface area contributed by atoms with Crippen LogP contribution >= 0.6 is 15.9 Å². The van der Waals surface area contributed by atoms with E-state index in [-0.39, 0.29) is 5.69 Å². The lowest BCUT2D eigenvalue weighted by Crippen LogP contribution is -2.03. The highest BCUT2D eigenvalue weighted by molar-refractivity contribution is 9.10. The van der Waals surface area contributed by atoms with Crippen LogP contribution < -0.4 is 10.5 Å². The van der Waals surface area contributed by atoms with Gasteiger partial charge < -0.3 is 15.2 Å². The number of hydrogen-bond donors (Lipinski definition) is 1. The molecule has 1 aromatic heterocycles. The highest BCUT2D eigenvalue weighted by Crippen LogP contribution is 2.30. The fourth-order valence-electron chi connectivity index (χ4n) is 1.39. The van der Waals surface area contributed by atoms with Crippen molar-refractivity contribution in [1.29, 1.82) is 0 Å². The smallest absolute Gasteiger partial charge is 0.356 e. The molecule has 1 heterocycles. The Morgan fingerprint density at radius 3 is 2.68 bits per heavy atom. The molecule has 98 valence electrons. The molecule has 0 atom stereocenters. The average Bonchev–Trinajstić information content (AvgIpc) is 2.42. The van der Waals surface area contributed by atoms with Crippen molar-refractivity contribution in [2.75, 3.05) is 12.8 Å². The second-order valence-corrected chi connectivity index (χ2v) is 4.52. The van der Waals surface area contributed by atoms with E-state index in [2.05, 4.69) is 25.7 Å². The summed E-state index contributed by atoms with van der Waals surface area (Å²) in [5.41, 5.74) is 6.51. The minimum atomic E-state index is -0.486. The zero-order chi connectivity index (χ0) is 13.8. The molecule has 2 rings (SSSR count). The van der Waals surface area contributed by atoms with E-state index in [0.717, 1.165) is 4.47 Å². The summed E-state index contributed by atoms with van der Waals surface area (Å²) in [6.45, 7) is 0. The zero-order valence-corrected chi connectivity index (χ0v) is 11.7. The lowest BCUT2D eigenvalue weighted by molar-refractivity contribution is 0.0594. The summed E-state index contributed by atoms with van der Waals surface area (Å²) in [5.74, 6) is 0.639. The number of anilines is 1. The van der Waals surface area contributed by atoms with E-state index in [0.29, 0.717) is 17.2 Å². The molecule has 2 N–H and O–H groups in total. The molecular weight excluding hydrogens is 312 g/mol. The molecule has 0 amide bonds. The van der Waals surface area contributed by atoms with Crippen LogP contribution in [0.1, 0.15) is 10.5 Å². The molecular formula is C13H11BrN2O3. The number of carbonyl (C=O) groups is 1. The van der Waals surface area contributed by atoms with Crippen molar-refractivity contribution in [2.24, 2.45) is 0 Å². The number of benzene rings is 1. The van der Waals surface area contributed by atoms with Gasteiger partial charge in [-0.15, -0.1) is 0 Å². The molecule has 0 aliphatic carbocycles.